The molecule has 0 radical (unpaired) electrons. The average molecular weight is 413 g/mol. The fraction of sp³-hybridized carbons (Fsp3) is 0.550. The van der Waals surface area contributed by atoms with Crippen LogP contribution in [0.25, 0.3) is 0 Å². The summed E-state index contributed by atoms with van der Waals surface area (Å²) < 4.78 is 16.3. The van der Waals surface area contributed by atoms with Gasteiger partial charge in [0.15, 0.2) is 11.5 Å². The minimum Gasteiger partial charge on any atom is -0.454 e. The standard InChI is InChI=1S/C20H27N7O3/c21-19-22-18(23-20(24-19)27-7-9-28-10-8-27)13-26-5-3-25(4-6-26)12-15-1-2-16-17(11-15)30-14-29-16/h1-2,11H,3-10,12-14H2,(H2,21,22,23,24). The Kier molecular flexibility index (Phi) is 5.52. The highest BCUT2D eigenvalue weighted by Gasteiger charge is 2.21. The number of nitrogen functional groups attached to an aromatic ring is 1. The monoisotopic (exact) mass is 413 g/mol. The Morgan fingerprint density at radius 3 is 2.37 bits per heavy atom. The summed E-state index contributed by atoms with van der Waals surface area (Å²) in [7, 11) is 0. The minimum absolute atomic E-state index is 0.280. The zero-order valence-corrected chi connectivity index (χ0v) is 17.0. The van der Waals surface area contributed by atoms with E-state index in [-0.39, 0.29) is 5.95 Å². The Hall–Kier alpha value is -2.69. The number of nitrogens with zero attached hydrogens (tertiary/aromatic N) is 6. The maximum absolute atomic E-state index is 5.95. The second kappa shape index (κ2) is 8.58. The van der Waals surface area contributed by atoms with Gasteiger partial charge in [0.25, 0.3) is 0 Å². The highest BCUT2D eigenvalue weighted by atomic mass is 16.7. The van der Waals surface area contributed by atoms with E-state index in [0.717, 1.165) is 63.1 Å². The predicted molar refractivity (Wildman–Crippen MR) is 110 cm³/mol. The van der Waals surface area contributed by atoms with E-state index < -0.39 is 0 Å². The number of nitrogens with two attached hydrogens (primary N) is 1. The van der Waals surface area contributed by atoms with Gasteiger partial charge in [0.2, 0.25) is 18.7 Å². The number of ether oxygens (including phenoxy) is 3. The predicted octanol–water partition coefficient (Wildman–Crippen LogP) is 0.337. The van der Waals surface area contributed by atoms with E-state index in [2.05, 4.69) is 41.8 Å². The lowest BCUT2D eigenvalue weighted by atomic mass is 10.1. The number of anilines is 2. The highest BCUT2D eigenvalue weighted by molar-refractivity contribution is 5.44. The van der Waals surface area contributed by atoms with Gasteiger partial charge < -0.3 is 24.8 Å². The fourth-order valence-corrected chi connectivity index (χ4v) is 4.00. The summed E-state index contributed by atoms with van der Waals surface area (Å²) in [4.78, 5) is 20.3. The molecule has 1 aromatic carbocycles. The van der Waals surface area contributed by atoms with Crippen molar-refractivity contribution < 1.29 is 14.2 Å². The van der Waals surface area contributed by atoms with Crippen molar-refractivity contribution in [3.05, 3.63) is 29.6 Å². The summed E-state index contributed by atoms with van der Waals surface area (Å²) >= 11 is 0. The maximum atomic E-state index is 5.95. The molecule has 1 aromatic heterocycles. The number of fused-ring (bicyclic) bond motifs is 1. The van der Waals surface area contributed by atoms with E-state index in [4.69, 9.17) is 19.9 Å². The van der Waals surface area contributed by atoms with Gasteiger partial charge in [-0.1, -0.05) is 6.07 Å². The van der Waals surface area contributed by atoms with Gasteiger partial charge in [-0.25, -0.2) is 0 Å². The van der Waals surface area contributed by atoms with Gasteiger partial charge in [-0.05, 0) is 17.7 Å². The molecule has 0 bridgehead atoms. The minimum atomic E-state index is 0.280. The van der Waals surface area contributed by atoms with E-state index in [0.29, 0.717) is 32.5 Å². The molecule has 10 heteroatoms. The third-order valence-corrected chi connectivity index (χ3v) is 5.65. The van der Waals surface area contributed by atoms with Crippen molar-refractivity contribution in [2.75, 3.05) is 69.9 Å². The lowest BCUT2D eigenvalue weighted by molar-refractivity contribution is 0.119. The van der Waals surface area contributed by atoms with E-state index >= 15 is 0 Å². The van der Waals surface area contributed by atoms with Crippen molar-refractivity contribution in [2.24, 2.45) is 0 Å². The molecule has 0 atom stereocenters. The maximum Gasteiger partial charge on any atom is 0.231 e. The molecule has 160 valence electrons. The van der Waals surface area contributed by atoms with Gasteiger partial charge in [0, 0.05) is 45.8 Å². The molecule has 2 saturated heterocycles. The average Bonchev–Trinajstić information content (AvgIpc) is 3.23. The van der Waals surface area contributed by atoms with E-state index in [9.17, 15) is 0 Å². The van der Waals surface area contributed by atoms with Gasteiger partial charge >= 0.3 is 0 Å². The molecule has 3 aliphatic heterocycles. The van der Waals surface area contributed by atoms with Gasteiger partial charge in [-0.15, -0.1) is 0 Å². The summed E-state index contributed by atoms with van der Waals surface area (Å²) in [6, 6.07) is 6.18. The smallest absolute Gasteiger partial charge is 0.231 e. The van der Waals surface area contributed by atoms with E-state index in [1.165, 1.54) is 5.56 Å². The van der Waals surface area contributed by atoms with Crippen molar-refractivity contribution in [3.63, 3.8) is 0 Å². The summed E-state index contributed by atoms with van der Waals surface area (Å²) in [6.45, 7) is 8.74. The summed E-state index contributed by atoms with van der Waals surface area (Å²) in [6.07, 6.45) is 0. The molecule has 10 nitrogen and oxygen atoms in total. The number of piperazine rings is 1. The molecule has 30 heavy (non-hydrogen) atoms. The van der Waals surface area contributed by atoms with Crippen LogP contribution in [-0.2, 0) is 17.8 Å². The molecular formula is C20H27N7O3. The SMILES string of the molecule is Nc1nc(CN2CCN(Cc3ccc4c(c3)OCO4)CC2)nc(N2CCOCC2)n1. The molecule has 0 spiro atoms. The third-order valence-electron chi connectivity index (χ3n) is 5.65. The lowest BCUT2D eigenvalue weighted by Gasteiger charge is -2.34. The highest BCUT2D eigenvalue weighted by Crippen LogP contribution is 2.32. The quantitative estimate of drug-likeness (QED) is 0.738. The number of hydrogen-bond acceptors (Lipinski definition) is 10. The van der Waals surface area contributed by atoms with Crippen LogP contribution in [0.3, 0.4) is 0 Å². The summed E-state index contributed by atoms with van der Waals surface area (Å²) in [5, 5.41) is 0. The van der Waals surface area contributed by atoms with Crippen LogP contribution in [0.4, 0.5) is 11.9 Å². The second-order valence-corrected chi connectivity index (χ2v) is 7.75. The molecular weight excluding hydrogens is 386 g/mol. The molecule has 0 unspecified atom stereocenters. The molecule has 0 amide bonds. The van der Waals surface area contributed by atoms with Crippen molar-refractivity contribution in [1.29, 1.82) is 0 Å². The molecule has 3 aliphatic rings. The first-order chi connectivity index (χ1) is 14.7. The molecule has 2 fully saturated rings. The Morgan fingerprint density at radius 1 is 0.833 bits per heavy atom. The largest absolute Gasteiger partial charge is 0.454 e. The molecule has 0 saturated carbocycles. The summed E-state index contributed by atoms with van der Waals surface area (Å²) in [5.74, 6) is 3.34. The van der Waals surface area contributed by atoms with Crippen LogP contribution < -0.4 is 20.1 Å². The molecule has 5 rings (SSSR count). The Labute approximate surface area is 175 Å². The Morgan fingerprint density at radius 2 is 1.57 bits per heavy atom. The van der Waals surface area contributed by atoms with Crippen LogP contribution in [0.2, 0.25) is 0 Å². The first-order valence-electron chi connectivity index (χ1n) is 10.4. The van der Waals surface area contributed by atoms with E-state index in [1.807, 2.05) is 6.07 Å². The topological polar surface area (TPSA) is 102 Å². The molecule has 2 aromatic rings. The Balaban J connectivity index is 1.16. The number of rotatable bonds is 5. The van der Waals surface area contributed by atoms with Crippen molar-refractivity contribution >= 4 is 11.9 Å². The number of benzene rings is 1. The lowest BCUT2D eigenvalue weighted by Crippen LogP contribution is -2.45. The van der Waals surface area contributed by atoms with Gasteiger partial charge in [-0.3, -0.25) is 9.80 Å². The first kappa shape index (κ1) is 19.3. The number of morpholine rings is 1. The van der Waals surface area contributed by atoms with E-state index in [1.54, 1.807) is 0 Å². The van der Waals surface area contributed by atoms with Crippen LogP contribution in [0, 0.1) is 0 Å². The van der Waals surface area contributed by atoms with Crippen LogP contribution >= 0.6 is 0 Å². The second-order valence-electron chi connectivity index (χ2n) is 7.75. The fourth-order valence-electron chi connectivity index (χ4n) is 4.00. The first-order valence-corrected chi connectivity index (χ1v) is 10.4. The van der Waals surface area contributed by atoms with Crippen LogP contribution in [0.5, 0.6) is 11.5 Å². The van der Waals surface area contributed by atoms with Crippen molar-refractivity contribution in [1.82, 2.24) is 24.8 Å². The zero-order valence-electron chi connectivity index (χ0n) is 17.0. The van der Waals surface area contributed by atoms with Crippen LogP contribution in [-0.4, -0.2) is 84.0 Å². The van der Waals surface area contributed by atoms with Gasteiger partial charge in [0.05, 0.1) is 19.8 Å². The Bertz CT molecular complexity index is 883. The number of hydrogen-bond donors (Lipinski definition) is 1. The summed E-state index contributed by atoms with van der Waals surface area (Å²) in [5.41, 5.74) is 7.20. The van der Waals surface area contributed by atoms with Crippen LogP contribution in [0.15, 0.2) is 18.2 Å². The molecule has 4 heterocycles. The number of aromatic nitrogens is 3. The van der Waals surface area contributed by atoms with Crippen molar-refractivity contribution in [3.8, 4) is 11.5 Å². The normalized spacial score (nSPS) is 19.9. The van der Waals surface area contributed by atoms with Gasteiger partial charge in [0.1, 0.15) is 5.82 Å². The van der Waals surface area contributed by atoms with Gasteiger partial charge in [-0.2, -0.15) is 15.0 Å². The van der Waals surface area contributed by atoms with Crippen molar-refractivity contribution in [2.45, 2.75) is 13.1 Å². The molecule has 0 aliphatic carbocycles. The molecule has 2 N–H and O–H groups in total. The third kappa shape index (κ3) is 4.40. The zero-order chi connectivity index (χ0) is 20.3. The van der Waals surface area contributed by atoms with Crippen LogP contribution in [0.1, 0.15) is 11.4 Å².